The third kappa shape index (κ3) is 2.33. The van der Waals surface area contributed by atoms with Crippen molar-refractivity contribution in [3.05, 3.63) is 24.3 Å². The number of rotatable bonds is 4. The molecule has 1 heterocycles. The fourth-order valence-electron chi connectivity index (χ4n) is 1.79. The lowest BCUT2D eigenvalue weighted by Gasteiger charge is -2.16. The molecule has 0 N–H and O–H groups in total. The summed E-state index contributed by atoms with van der Waals surface area (Å²) in [6.45, 7) is 1.02. The summed E-state index contributed by atoms with van der Waals surface area (Å²) in [7, 11) is 1.58. The van der Waals surface area contributed by atoms with Crippen molar-refractivity contribution < 1.29 is 14.3 Å². The van der Waals surface area contributed by atoms with E-state index in [1.165, 1.54) is 0 Å². The molecule has 86 valence electrons. The van der Waals surface area contributed by atoms with Gasteiger partial charge in [0.15, 0.2) is 6.79 Å². The Morgan fingerprint density at radius 2 is 2.31 bits per heavy atom. The Balaban J connectivity index is 2.12. The van der Waals surface area contributed by atoms with E-state index >= 15 is 0 Å². The van der Waals surface area contributed by atoms with E-state index in [1.807, 2.05) is 24.3 Å². The Bertz CT molecular complexity index is 378. The summed E-state index contributed by atoms with van der Waals surface area (Å²) in [5, 5.41) is 0. The first-order valence-electron chi connectivity index (χ1n) is 5.33. The Morgan fingerprint density at radius 3 is 3.00 bits per heavy atom. The van der Waals surface area contributed by atoms with E-state index in [-0.39, 0.29) is 12.7 Å². The zero-order valence-electron chi connectivity index (χ0n) is 9.31. The van der Waals surface area contributed by atoms with E-state index in [9.17, 15) is 4.79 Å². The standard InChI is InChI=1S/C12H15NO3/c1-15-9-16-11-5-2-4-10(8-11)13-7-3-6-12(13)14/h2,4-5,8H,3,6-7,9H2,1H3. The first-order chi connectivity index (χ1) is 7.81. The van der Waals surface area contributed by atoms with Crippen LogP contribution in [0.2, 0.25) is 0 Å². The maximum Gasteiger partial charge on any atom is 0.227 e. The second-order valence-corrected chi connectivity index (χ2v) is 3.70. The summed E-state index contributed by atoms with van der Waals surface area (Å²) in [6, 6.07) is 7.51. The lowest BCUT2D eigenvalue weighted by Crippen LogP contribution is -2.23. The van der Waals surface area contributed by atoms with Crippen molar-refractivity contribution >= 4 is 11.6 Å². The number of hydrogen-bond donors (Lipinski definition) is 0. The van der Waals surface area contributed by atoms with Crippen LogP contribution in [0.5, 0.6) is 5.75 Å². The highest BCUT2D eigenvalue weighted by atomic mass is 16.7. The summed E-state index contributed by atoms with van der Waals surface area (Å²) >= 11 is 0. The smallest absolute Gasteiger partial charge is 0.227 e. The number of methoxy groups -OCH3 is 1. The highest BCUT2D eigenvalue weighted by Crippen LogP contribution is 2.25. The molecule has 1 aromatic rings. The third-order valence-corrected chi connectivity index (χ3v) is 2.55. The minimum Gasteiger partial charge on any atom is -0.467 e. The fourth-order valence-corrected chi connectivity index (χ4v) is 1.79. The van der Waals surface area contributed by atoms with Crippen molar-refractivity contribution in [2.45, 2.75) is 12.8 Å². The molecule has 16 heavy (non-hydrogen) atoms. The number of carbonyl (C=O) groups is 1. The van der Waals surface area contributed by atoms with E-state index < -0.39 is 0 Å². The number of amides is 1. The molecule has 0 aliphatic carbocycles. The van der Waals surface area contributed by atoms with Crippen LogP contribution < -0.4 is 9.64 Å². The predicted octanol–water partition coefficient (Wildman–Crippen LogP) is 1.80. The number of anilines is 1. The third-order valence-electron chi connectivity index (χ3n) is 2.55. The van der Waals surface area contributed by atoms with E-state index in [0.29, 0.717) is 6.42 Å². The van der Waals surface area contributed by atoms with Gasteiger partial charge in [0, 0.05) is 31.8 Å². The van der Waals surface area contributed by atoms with Gasteiger partial charge in [-0.15, -0.1) is 0 Å². The Labute approximate surface area is 94.8 Å². The van der Waals surface area contributed by atoms with E-state index in [1.54, 1.807) is 12.0 Å². The fraction of sp³-hybridized carbons (Fsp3) is 0.417. The van der Waals surface area contributed by atoms with Crippen LogP contribution in [0.4, 0.5) is 5.69 Å². The zero-order valence-corrected chi connectivity index (χ0v) is 9.31. The predicted molar refractivity (Wildman–Crippen MR) is 60.5 cm³/mol. The number of carbonyl (C=O) groups excluding carboxylic acids is 1. The summed E-state index contributed by atoms with van der Waals surface area (Å²) in [6.07, 6.45) is 1.57. The molecule has 4 heteroatoms. The van der Waals surface area contributed by atoms with Crippen LogP contribution in [-0.4, -0.2) is 26.4 Å². The maximum atomic E-state index is 11.6. The van der Waals surface area contributed by atoms with Crippen molar-refractivity contribution in [2.24, 2.45) is 0 Å². The second kappa shape index (κ2) is 4.99. The molecule has 2 rings (SSSR count). The van der Waals surface area contributed by atoms with Crippen LogP contribution in [0.1, 0.15) is 12.8 Å². The molecule has 0 aromatic heterocycles. The molecule has 1 amide bonds. The van der Waals surface area contributed by atoms with Gasteiger partial charge >= 0.3 is 0 Å². The number of hydrogen-bond acceptors (Lipinski definition) is 3. The molecule has 1 aromatic carbocycles. The van der Waals surface area contributed by atoms with Crippen molar-refractivity contribution in [1.82, 2.24) is 0 Å². The van der Waals surface area contributed by atoms with Crippen molar-refractivity contribution in [3.8, 4) is 5.75 Å². The van der Waals surface area contributed by atoms with Crippen LogP contribution in [0.15, 0.2) is 24.3 Å². The van der Waals surface area contributed by atoms with Gasteiger partial charge in [0.05, 0.1) is 0 Å². The number of benzene rings is 1. The highest BCUT2D eigenvalue weighted by Gasteiger charge is 2.21. The van der Waals surface area contributed by atoms with Gasteiger partial charge in [0.25, 0.3) is 0 Å². The SMILES string of the molecule is COCOc1cccc(N2CCCC2=O)c1. The maximum absolute atomic E-state index is 11.6. The summed E-state index contributed by atoms with van der Waals surface area (Å²) in [5.41, 5.74) is 0.899. The molecule has 0 bridgehead atoms. The normalized spacial score (nSPS) is 15.6. The van der Waals surface area contributed by atoms with Crippen LogP contribution in [0.25, 0.3) is 0 Å². The summed E-state index contributed by atoms with van der Waals surface area (Å²) < 4.78 is 10.2. The molecular formula is C12H15NO3. The van der Waals surface area contributed by atoms with E-state index in [2.05, 4.69) is 0 Å². The molecule has 1 saturated heterocycles. The van der Waals surface area contributed by atoms with Crippen LogP contribution >= 0.6 is 0 Å². The molecule has 0 atom stereocenters. The van der Waals surface area contributed by atoms with Gasteiger partial charge in [0.2, 0.25) is 5.91 Å². The Kier molecular flexibility index (Phi) is 3.41. The van der Waals surface area contributed by atoms with Crippen molar-refractivity contribution in [2.75, 3.05) is 25.3 Å². The van der Waals surface area contributed by atoms with Crippen LogP contribution in [-0.2, 0) is 9.53 Å². The molecule has 0 spiro atoms. The van der Waals surface area contributed by atoms with Gasteiger partial charge in [-0.3, -0.25) is 4.79 Å². The van der Waals surface area contributed by atoms with Gasteiger partial charge < -0.3 is 14.4 Å². The summed E-state index contributed by atoms with van der Waals surface area (Å²) in [5.74, 6) is 0.906. The topological polar surface area (TPSA) is 38.8 Å². The van der Waals surface area contributed by atoms with Gasteiger partial charge in [-0.05, 0) is 18.6 Å². The second-order valence-electron chi connectivity index (χ2n) is 3.70. The van der Waals surface area contributed by atoms with Crippen molar-refractivity contribution in [3.63, 3.8) is 0 Å². The van der Waals surface area contributed by atoms with Gasteiger partial charge in [-0.25, -0.2) is 0 Å². The van der Waals surface area contributed by atoms with E-state index in [4.69, 9.17) is 9.47 Å². The van der Waals surface area contributed by atoms with E-state index in [0.717, 1.165) is 24.4 Å². The highest BCUT2D eigenvalue weighted by molar-refractivity contribution is 5.95. The Morgan fingerprint density at radius 1 is 1.44 bits per heavy atom. The van der Waals surface area contributed by atoms with Gasteiger partial charge in [-0.1, -0.05) is 6.07 Å². The molecule has 1 aliphatic heterocycles. The van der Waals surface area contributed by atoms with Crippen molar-refractivity contribution in [1.29, 1.82) is 0 Å². The molecule has 4 nitrogen and oxygen atoms in total. The average Bonchev–Trinajstić information content (AvgIpc) is 2.73. The molecule has 0 radical (unpaired) electrons. The number of ether oxygens (including phenoxy) is 2. The summed E-state index contributed by atoms with van der Waals surface area (Å²) in [4.78, 5) is 13.4. The first kappa shape index (κ1) is 11.0. The van der Waals surface area contributed by atoms with Crippen LogP contribution in [0, 0.1) is 0 Å². The average molecular weight is 221 g/mol. The minimum atomic E-state index is 0.184. The lowest BCUT2D eigenvalue weighted by atomic mass is 10.3. The first-order valence-corrected chi connectivity index (χ1v) is 5.33. The number of nitrogens with zero attached hydrogens (tertiary/aromatic N) is 1. The Hall–Kier alpha value is -1.55. The van der Waals surface area contributed by atoms with Gasteiger partial charge in [-0.2, -0.15) is 0 Å². The molecular weight excluding hydrogens is 206 g/mol. The molecule has 0 unspecified atom stereocenters. The lowest BCUT2D eigenvalue weighted by molar-refractivity contribution is -0.117. The van der Waals surface area contributed by atoms with Crippen LogP contribution in [0.3, 0.4) is 0 Å². The molecule has 0 saturated carbocycles. The van der Waals surface area contributed by atoms with Gasteiger partial charge in [0.1, 0.15) is 5.75 Å². The quantitative estimate of drug-likeness (QED) is 0.728. The minimum absolute atomic E-state index is 0.184. The largest absolute Gasteiger partial charge is 0.467 e. The molecule has 1 aliphatic rings. The zero-order chi connectivity index (χ0) is 11.4. The molecule has 1 fully saturated rings. The monoisotopic (exact) mass is 221 g/mol.